The Morgan fingerprint density at radius 1 is 1.37 bits per heavy atom. The Hall–Kier alpha value is -1.86. The van der Waals surface area contributed by atoms with Crippen molar-refractivity contribution in [3.05, 3.63) is 41.2 Å². The quantitative estimate of drug-likeness (QED) is 0.619. The van der Waals surface area contributed by atoms with E-state index in [4.69, 9.17) is 16.0 Å². The largest absolute Gasteiger partial charge is 0.465 e. The number of nitrogens with zero attached hydrogens (tertiary/aromatic N) is 1. The van der Waals surface area contributed by atoms with Crippen LogP contribution in [-0.2, 0) is 19.7 Å². The Morgan fingerprint density at radius 3 is 2.53 bits per heavy atom. The SMILES string of the molecule is [C-]#[N+]c1ccc(C2(C(=O)OCC)CCOCC2)cc1. The smallest absolute Gasteiger partial charge is 0.316 e. The third-order valence-corrected chi connectivity index (χ3v) is 3.56. The van der Waals surface area contributed by atoms with E-state index in [0.717, 1.165) is 5.56 Å². The fourth-order valence-electron chi connectivity index (χ4n) is 2.45. The first kappa shape index (κ1) is 13.6. The predicted octanol–water partition coefficient (Wildman–Crippen LogP) is 2.85. The lowest BCUT2D eigenvalue weighted by Gasteiger charge is -2.35. The number of hydrogen-bond acceptors (Lipinski definition) is 3. The summed E-state index contributed by atoms with van der Waals surface area (Å²) in [6.45, 7) is 10.3. The molecule has 0 radical (unpaired) electrons. The van der Waals surface area contributed by atoms with E-state index < -0.39 is 5.41 Å². The molecule has 1 heterocycles. The Balaban J connectivity index is 2.36. The Kier molecular flexibility index (Phi) is 4.18. The number of carbonyl (C=O) groups is 1. The number of benzene rings is 1. The van der Waals surface area contributed by atoms with Gasteiger partial charge in [0.05, 0.1) is 18.6 Å². The van der Waals surface area contributed by atoms with Crippen LogP contribution in [0.2, 0.25) is 0 Å². The van der Waals surface area contributed by atoms with Crippen molar-refractivity contribution in [2.75, 3.05) is 19.8 Å². The third-order valence-electron chi connectivity index (χ3n) is 3.56. The van der Waals surface area contributed by atoms with Crippen molar-refractivity contribution in [1.82, 2.24) is 0 Å². The van der Waals surface area contributed by atoms with Crippen molar-refractivity contribution in [2.45, 2.75) is 25.2 Å². The maximum Gasteiger partial charge on any atom is 0.316 e. The van der Waals surface area contributed by atoms with Crippen LogP contribution in [0.1, 0.15) is 25.3 Å². The molecule has 0 aliphatic carbocycles. The second-order valence-corrected chi connectivity index (χ2v) is 4.57. The fraction of sp³-hybridized carbons (Fsp3) is 0.467. The van der Waals surface area contributed by atoms with Crippen LogP contribution in [0.4, 0.5) is 5.69 Å². The van der Waals surface area contributed by atoms with E-state index in [2.05, 4.69) is 4.85 Å². The van der Waals surface area contributed by atoms with E-state index in [1.807, 2.05) is 19.1 Å². The van der Waals surface area contributed by atoms with Gasteiger partial charge in [0.1, 0.15) is 0 Å². The summed E-state index contributed by atoms with van der Waals surface area (Å²) in [6, 6.07) is 7.21. The van der Waals surface area contributed by atoms with Gasteiger partial charge in [-0.05, 0) is 25.3 Å². The van der Waals surface area contributed by atoms with Crippen LogP contribution in [0.25, 0.3) is 4.85 Å². The molecule has 1 aromatic rings. The summed E-state index contributed by atoms with van der Waals surface area (Å²) in [6.07, 6.45) is 1.26. The van der Waals surface area contributed by atoms with E-state index in [0.29, 0.717) is 38.3 Å². The minimum atomic E-state index is -0.616. The molecule has 0 amide bonds. The number of rotatable bonds is 3. The van der Waals surface area contributed by atoms with Crippen LogP contribution in [0, 0.1) is 6.57 Å². The molecule has 0 spiro atoms. The van der Waals surface area contributed by atoms with Crippen molar-refractivity contribution in [3.63, 3.8) is 0 Å². The predicted molar refractivity (Wildman–Crippen MR) is 71.1 cm³/mol. The van der Waals surface area contributed by atoms with Crippen LogP contribution >= 0.6 is 0 Å². The van der Waals surface area contributed by atoms with E-state index in [1.165, 1.54) is 0 Å². The molecule has 0 bridgehead atoms. The fourth-order valence-corrected chi connectivity index (χ4v) is 2.45. The minimum Gasteiger partial charge on any atom is -0.465 e. The number of carbonyl (C=O) groups excluding carboxylic acids is 1. The van der Waals surface area contributed by atoms with Gasteiger partial charge < -0.3 is 9.47 Å². The van der Waals surface area contributed by atoms with Crippen molar-refractivity contribution in [1.29, 1.82) is 0 Å². The van der Waals surface area contributed by atoms with Crippen molar-refractivity contribution >= 4 is 11.7 Å². The molecule has 1 aromatic carbocycles. The number of esters is 1. The van der Waals surface area contributed by atoms with Gasteiger partial charge in [0, 0.05) is 13.2 Å². The van der Waals surface area contributed by atoms with E-state index in [1.54, 1.807) is 12.1 Å². The number of ether oxygens (including phenoxy) is 2. The second-order valence-electron chi connectivity index (χ2n) is 4.57. The highest BCUT2D eigenvalue weighted by Gasteiger charge is 2.42. The Bertz CT molecular complexity index is 481. The molecule has 0 aromatic heterocycles. The maximum absolute atomic E-state index is 12.3. The molecule has 0 N–H and O–H groups in total. The highest BCUT2D eigenvalue weighted by Crippen LogP contribution is 2.36. The molecule has 0 saturated carbocycles. The molecule has 100 valence electrons. The zero-order chi connectivity index (χ0) is 13.7. The average molecular weight is 259 g/mol. The monoisotopic (exact) mass is 259 g/mol. The van der Waals surface area contributed by atoms with Crippen molar-refractivity contribution in [3.8, 4) is 0 Å². The normalized spacial score (nSPS) is 17.5. The summed E-state index contributed by atoms with van der Waals surface area (Å²) in [7, 11) is 0. The van der Waals surface area contributed by atoms with E-state index in [-0.39, 0.29) is 5.97 Å². The van der Waals surface area contributed by atoms with Gasteiger partial charge in [-0.1, -0.05) is 24.3 Å². The molecule has 2 rings (SSSR count). The van der Waals surface area contributed by atoms with Crippen LogP contribution in [0.5, 0.6) is 0 Å². The molecule has 1 fully saturated rings. The lowest BCUT2D eigenvalue weighted by Crippen LogP contribution is -2.42. The molecule has 19 heavy (non-hydrogen) atoms. The summed E-state index contributed by atoms with van der Waals surface area (Å²) in [5, 5.41) is 0. The second kappa shape index (κ2) is 5.85. The van der Waals surface area contributed by atoms with Crippen LogP contribution in [-0.4, -0.2) is 25.8 Å². The van der Waals surface area contributed by atoms with Crippen molar-refractivity contribution < 1.29 is 14.3 Å². The first-order valence-corrected chi connectivity index (χ1v) is 6.46. The molecule has 1 aliphatic heterocycles. The van der Waals surface area contributed by atoms with Crippen LogP contribution < -0.4 is 0 Å². The van der Waals surface area contributed by atoms with Gasteiger partial charge >= 0.3 is 5.97 Å². The van der Waals surface area contributed by atoms with Gasteiger partial charge in [0.25, 0.3) is 0 Å². The standard InChI is InChI=1S/C15H17NO3/c1-3-19-14(17)15(8-10-18-11-9-15)12-4-6-13(16-2)7-5-12/h4-7H,3,8-11H2,1H3. The Labute approximate surface area is 113 Å². The lowest BCUT2D eigenvalue weighted by molar-refractivity contribution is -0.154. The zero-order valence-electron chi connectivity index (χ0n) is 11.0. The van der Waals surface area contributed by atoms with E-state index >= 15 is 0 Å². The third kappa shape index (κ3) is 2.61. The van der Waals surface area contributed by atoms with Gasteiger partial charge in [0.2, 0.25) is 0 Å². The topological polar surface area (TPSA) is 39.9 Å². The Morgan fingerprint density at radius 2 is 2.00 bits per heavy atom. The van der Waals surface area contributed by atoms with Crippen molar-refractivity contribution in [2.24, 2.45) is 0 Å². The summed E-state index contributed by atoms with van der Waals surface area (Å²) >= 11 is 0. The highest BCUT2D eigenvalue weighted by atomic mass is 16.5. The molecule has 4 nitrogen and oxygen atoms in total. The molecular weight excluding hydrogens is 242 g/mol. The minimum absolute atomic E-state index is 0.186. The average Bonchev–Trinajstić information content (AvgIpc) is 2.48. The molecule has 0 atom stereocenters. The summed E-state index contributed by atoms with van der Waals surface area (Å²) in [5.74, 6) is -0.186. The van der Waals surface area contributed by atoms with E-state index in [9.17, 15) is 4.79 Å². The van der Waals surface area contributed by atoms with Crippen LogP contribution in [0.15, 0.2) is 24.3 Å². The molecule has 4 heteroatoms. The van der Waals surface area contributed by atoms with Gasteiger partial charge in [0.15, 0.2) is 5.69 Å². The first-order chi connectivity index (χ1) is 9.23. The lowest BCUT2D eigenvalue weighted by atomic mass is 9.74. The zero-order valence-corrected chi connectivity index (χ0v) is 11.0. The van der Waals surface area contributed by atoms with Gasteiger partial charge in [-0.3, -0.25) is 4.79 Å². The summed E-state index contributed by atoms with van der Waals surface area (Å²) in [5.41, 5.74) is 0.880. The molecule has 0 unspecified atom stereocenters. The first-order valence-electron chi connectivity index (χ1n) is 6.46. The summed E-state index contributed by atoms with van der Waals surface area (Å²) in [4.78, 5) is 15.7. The maximum atomic E-state index is 12.3. The molecular formula is C15H17NO3. The highest BCUT2D eigenvalue weighted by molar-refractivity contribution is 5.83. The number of hydrogen-bond donors (Lipinski definition) is 0. The molecule has 1 saturated heterocycles. The molecule has 1 aliphatic rings. The van der Waals surface area contributed by atoms with Gasteiger partial charge in [-0.15, -0.1) is 0 Å². The van der Waals surface area contributed by atoms with Crippen LogP contribution in [0.3, 0.4) is 0 Å². The van der Waals surface area contributed by atoms with Gasteiger partial charge in [-0.2, -0.15) is 0 Å². The van der Waals surface area contributed by atoms with Gasteiger partial charge in [-0.25, -0.2) is 4.85 Å². The summed E-state index contributed by atoms with van der Waals surface area (Å²) < 4.78 is 10.6.